The van der Waals surface area contributed by atoms with Crippen molar-refractivity contribution in [3.63, 3.8) is 0 Å². The van der Waals surface area contributed by atoms with Crippen LogP contribution in [0, 0.1) is 0 Å². The minimum Gasteiger partial charge on any atom is -0.459 e. The predicted molar refractivity (Wildman–Crippen MR) is 66.6 cm³/mol. The second kappa shape index (κ2) is 4.15. The van der Waals surface area contributed by atoms with Crippen molar-refractivity contribution in [1.29, 1.82) is 0 Å². The van der Waals surface area contributed by atoms with Gasteiger partial charge in [0.25, 0.3) is 0 Å². The number of fused-ring (bicyclic) bond motifs is 1. The van der Waals surface area contributed by atoms with Crippen molar-refractivity contribution in [2.24, 2.45) is 5.73 Å². The highest BCUT2D eigenvalue weighted by molar-refractivity contribution is 5.80. The van der Waals surface area contributed by atoms with Crippen molar-refractivity contribution in [2.45, 2.75) is 44.8 Å². The number of hydrogen-bond donors (Lipinski definition) is 1. The number of carbonyl (C=O) groups is 1. The van der Waals surface area contributed by atoms with Crippen LogP contribution in [0.3, 0.4) is 0 Å². The first-order chi connectivity index (χ1) is 7.88. The molecule has 2 rings (SSSR count). The maximum Gasteiger partial charge on any atom is 0.314 e. The molecule has 0 bridgehead atoms. The second-order valence-electron chi connectivity index (χ2n) is 5.56. The fourth-order valence-corrected chi connectivity index (χ4v) is 2.27. The largest absolute Gasteiger partial charge is 0.459 e. The average Bonchev–Trinajstić information content (AvgIpc) is 2.55. The Bertz CT molecular complexity index is 434. The van der Waals surface area contributed by atoms with Crippen molar-refractivity contribution < 1.29 is 9.53 Å². The van der Waals surface area contributed by atoms with Crippen LogP contribution >= 0.6 is 0 Å². The summed E-state index contributed by atoms with van der Waals surface area (Å²) in [6.07, 6.45) is 0.647. The van der Waals surface area contributed by atoms with Gasteiger partial charge in [0.1, 0.15) is 5.60 Å². The lowest BCUT2D eigenvalue weighted by Gasteiger charge is -2.22. The summed E-state index contributed by atoms with van der Waals surface area (Å²) >= 11 is 0. The third-order valence-corrected chi connectivity index (χ3v) is 2.95. The zero-order valence-electron chi connectivity index (χ0n) is 10.6. The molecule has 0 radical (unpaired) electrons. The number of ether oxygens (including phenoxy) is 1. The van der Waals surface area contributed by atoms with Crippen LogP contribution in [0.25, 0.3) is 0 Å². The normalized spacial score (nSPS) is 23.3. The van der Waals surface area contributed by atoms with Crippen LogP contribution in [0.5, 0.6) is 0 Å². The first-order valence-electron chi connectivity index (χ1n) is 5.96. The van der Waals surface area contributed by atoms with E-state index >= 15 is 0 Å². The number of hydrogen-bond acceptors (Lipinski definition) is 3. The minimum atomic E-state index is -0.446. The zero-order valence-corrected chi connectivity index (χ0v) is 10.6. The summed E-state index contributed by atoms with van der Waals surface area (Å²) in [4.78, 5) is 12.1. The summed E-state index contributed by atoms with van der Waals surface area (Å²) in [5.41, 5.74) is 7.68. The lowest BCUT2D eigenvalue weighted by Crippen LogP contribution is -2.27. The van der Waals surface area contributed by atoms with E-state index in [2.05, 4.69) is 0 Å². The highest BCUT2D eigenvalue weighted by Crippen LogP contribution is 2.39. The number of rotatable bonds is 1. The molecule has 0 saturated carbocycles. The van der Waals surface area contributed by atoms with E-state index in [4.69, 9.17) is 10.5 Å². The molecule has 0 aromatic heterocycles. The first-order valence-corrected chi connectivity index (χ1v) is 5.96. The summed E-state index contributed by atoms with van der Waals surface area (Å²) in [6, 6.07) is 7.80. The van der Waals surface area contributed by atoms with E-state index in [1.54, 1.807) is 0 Å². The number of esters is 1. The van der Waals surface area contributed by atoms with Gasteiger partial charge in [-0.1, -0.05) is 24.3 Å². The highest BCUT2D eigenvalue weighted by atomic mass is 16.6. The van der Waals surface area contributed by atoms with Crippen molar-refractivity contribution in [2.75, 3.05) is 0 Å². The van der Waals surface area contributed by atoms with Crippen LogP contribution < -0.4 is 5.73 Å². The van der Waals surface area contributed by atoms with Crippen molar-refractivity contribution in [3.05, 3.63) is 35.4 Å². The van der Waals surface area contributed by atoms with Gasteiger partial charge in [-0.2, -0.15) is 0 Å². The standard InChI is InChI=1S/C14H19NO2/c1-14(2,3)17-13(16)11-8-12(15)10-7-5-4-6-9(10)11/h4-7,11-12H,8,15H2,1-3H3/t11-,12+/m0/s1. The molecule has 0 heterocycles. The van der Waals surface area contributed by atoms with Crippen LogP contribution in [-0.2, 0) is 9.53 Å². The van der Waals surface area contributed by atoms with Crippen molar-refractivity contribution in [3.8, 4) is 0 Å². The molecular formula is C14H19NO2. The summed E-state index contributed by atoms with van der Waals surface area (Å²) < 4.78 is 5.43. The number of benzene rings is 1. The molecule has 2 N–H and O–H groups in total. The second-order valence-corrected chi connectivity index (χ2v) is 5.56. The molecule has 1 aromatic carbocycles. The molecule has 0 unspecified atom stereocenters. The highest BCUT2D eigenvalue weighted by Gasteiger charge is 2.35. The number of carbonyl (C=O) groups excluding carboxylic acids is 1. The van der Waals surface area contributed by atoms with E-state index in [1.807, 2.05) is 45.0 Å². The third-order valence-electron chi connectivity index (χ3n) is 2.95. The molecule has 1 aliphatic rings. The molecule has 1 aliphatic carbocycles. The third kappa shape index (κ3) is 2.50. The van der Waals surface area contributed by atoms with Gasteiger partial charge in [-0.05, 0) is 38.3 Å². The van der Waals surface area contributed by atoms with Gasteiger partial charge < -0.3 is 10.5 Å². The van der Waals surface area contributed by atoms with E-state index in [0.717, 1.165) is 11.1 Å². The molecule has 1 aromatic rings. The monoisotopic (exact) mass is 233 g/mol. The molecular weight excluding hydrogens is 214 g/mol. The molecule has 3 nitrogen and oxygen atoms in total. The van der Waals surface area contributed by atoms with E-state index in [1.165, 1.54) is 0 Å². The van der Waals surface area contributed by atoms with Crippen molar-refractivity contribution in [1.82, 2.24) is 0 Å². The smallest absolute Gasteiger partial charge is 0.314 e. The minimum absolute atomic E-state index is 0.0521. The predicted octanol–water partition coefficient (Wildman–Crippen LogP) is 2.52. The van der Waals surface area contributed by atoms with Gasteiger partial charge in [0, 0.05) is 6.04 Å². The van der Waals surface area contributed by atoms with Crippen LogP contribution in [0.4, 0.5) is 0 Å². The average molecular weight is 233 g/mol. The lowest BCUT2D eigenvalue weighted by atomic mass is 10.0. The molecule has 0 saturated heterocycles. The van der Waals surface area contributed by atoms with Gasteiger partial charge in [-0.25, -0.2) is 0 Å². The molecule has 3 heteroatoms. The summed E-state index contributed by atoms with van der Waals surface area (Å²) in [5, 5.41) is 0. The molecule has 92 valence electrons. The van der Waals surface area contributed by atoms with E-state index in [9.17, 15) is 4.79 Å². The summed E-state index contributed by atoms with van der Waals surface area (Å²) in [5.74, 6) is -0.377. The van der Waals surface area contributed by atoms with E-state index in [-0.39, 0.29) is 17.9 Å². The zero-order chi connectivity index (χ0) is 12.6. The van der Waals surface area contributed by atoms with Gasteiger partial charge in [0.2, 0.25) is 0 Å². The Balaban J connectivity index is 2.23. The molecule has 0 aliphatic heterocycles. The van der Waals surface area contributed by atoms with Crippen LogP contribution in [-0.4, -0.2) is 11.6 Å². The van der Waals surface area contributed by atoms with Gasteiger partial charge >= 0.3 is 5.97 Å². The number of nitrogens with two attached hydrogens (primary N) is 1. The topological polar surface area (TPSA) is 52.3 Å². The van der Waals surface area contributed by atoms with Crippen LogP contribution in [0.1, 0.15) is 50.3 Å². The Morgan fingerprint density at radius 3 is 2.47 bits per heavy atom. The Morgan fingerprint density at radius 2 is 1.88 bits per heavy atom. The van der Waals surface area contributed by atoms with Gasteiger partial charge in [0.15, 0.2) is 0 Å². The Hall–Kier alpha value is -1.35. The molecule has 2 atom stereocenters. The van der Waals surface area contributed by atoms with E-state index in [0.29, 0.717) is 6.42 Å². The lowest BCUT2D eigenvalue weighted by molar-refractivity contribution is -0.156. The molecule has 0 fully saturated rings. The Morgan fingerprint density at radius 1 is 1.29 bits per heavy atom. The summed E-state index contributed by atoms with van der Waals surface area (Å²) in [6.45, 7) is 5.64. The van der Waals surface area contributed by atoms with Crippen LogP contribution in [0.15, 0.2) is 24.3 Å². The first kappa shape index (κ1) is 12.1. The fourth-order valence-electron chi connectivity index (χ4n) is 2.27. The summed E-state index contributed by atoms with van der Waals surface area (Å²) in [7, 11) is 0. The van der Waals surface area contributed by atoms with Gasteiger partial charge in [-0.15, -0.1) is 0 Å². The molecule has 17 heavy (non-hydrogen) atoms. The molecule has 0 spiro atoms. The van der Waals surface area contributed by atoms with E-state index < -0.39 is 5.60 Å². The maximum absolute atomic E-state index is 12.1. The van der Waals surface area contributed by atoms with Gasteiger partial charge in [0.05, 0.1) is 5.92 Å². The maximum atomic E-state index is 12.1. The SMILES string of the molecule is CC(C)(C)OC(=O)[C@H]1C[C@@H](N)c2ccccc21. The van der Waals surface area contributed by atoms with Gasteiger partial charge in [-0.3, -0.25) is 4.79 Å². The van der Waals surface area contributed by atoms with Crippen molar-refractivity contribution >= 4 is 5.97 Å². The quantitative estimate of drug-likeness (QED) is 0.758. The van der Waals surface area contributed by atoms with Crippen LogP contribution in [0.2, 0.25) is 0 Å². The Labute approximate surface area is 102 Å². The fraction of sp³-hybridized carbons (Fsp3) is 0.500. The molecule has 0 amide bonds. The Kier molecular flexibility index (Phi) is 2.96.